The van der Waals surface area contributed by atoms with Crippen molar-refractivity contribution in [2.45, 2.75) is 44.4 Å². The zero-order chi connectivity index (χ0) is 12.6. The summed E-state index contributed by atoms with van der Waals surface area (Å²) in [6, 6.07) is 6.85. The summed E-state index contributed by atoms with van der Waals surface area (Å²) in [6.07, 6.45) is 8.59. The molecule has 18 heavy (non-hydrogen) atoms. The van der Waals surface area contributed by atoms with Crippen molar-refractivity contribution in [1.29, 1.82) is 0 Å². The Bertz CT molecular complexity index is 547. The smallest absolute Gasteiger partial charge is 0.0456 e. The molecule has 1 aromatic heterocycles. The van der Waals surface area contributed by atoms with Gasteiger partial charge in [-0.15, -0.1) is 0 Å². The maximum Gasteiger partial charge on any atom is 0.0456 e. The van der Waals surface area contributed by atoms with E-state index in [-0.39, 0.29) is 5.41 Å². The molecule has 0 atom stereocenters. The third-order valence-electron chi connectivity index (χ3n) is 4.70. The number of hydrogen-bond acceptors (Lipinski definition) is 1. The Morgan fingerprint density at radius 3 is 2.72 bits per heavy atom. The molecule has 2 nitrogen and oxygen atoms in total. The number of nitrogens with two attached hydrogens (primary N) is 1. The number of rotatable bonds is 2. The zero-order valence-corrected chi connectivity index (χ0v) is 11.1. The number of hydrogen-bond donors (Lipinski definition) is 2. The van der Waals surface area contributed by atoms with Gasteiger partial charge in [-0.2, -0.15) is 0 Å². The molecule has 0 saturated heterocycles. The van der Waals surface area contributed by atoms with Crippen LogP contribution in [0.3, 0.4) is 0 Å². The maximum atomic E-state index is 6.12. The fourth-order valence-electron chi connectivity index (χ4n) is 3.43. The molecule has 0 aliphatic heterocycles. The quantitative estimate of drug-likeness (QED) is 0.829. The molecular weight excluding hydrogens is 220 g/mol. The van der Waals surface area contributed by atoms with Crippen molar-refractivity contribution < 1.29 is 0 Å². The second-order valence-electron chi connectivity index (χ2n) is 5.78. The number of aromatic nitrogens is 1. The van der Waals surface area contributed by atoms with Gasteiger partial charge in [-0.25, -0.2) is 0 Å². The summed E-state index contributed by atoms with van der Waals surface area (Å²) in [6.45, 7) is 2.95. The fraction of sp³-hybridized carbons (Fsp3) is 0.500. The molecule has 2 heteroatoms. The van der Waals surface area contributed by atoms with Crippen LogP contribution in [0.2, 0.25) is 0 Å². The Labute approximate surface area is 109 Å². The lowest BCUT2D eigenvalue weighted by Crippen LogP contribution is -2.37. The minimum Gasteiger partial charge on any atom is -0.361 e. The van der Waals surface area contributed by atoms with Crippen LogP contribution < -0.4 is 5.73 Å². The lowest BCUT2D eigenvalue weighted by molar-refractivity contribution is 0.301. The monoisotopic (exact) mass is 242 g/mol. The number of nitrogens with one attached hydrogen (secondary N) is 1. The molecule has 1 aliphatic carbocycles. The highest BCUT2D eigenvalue weighted by atomic mass is 14.7. The zero-order valence-electron chi connectivity index (χ0n) is 11.1. The van der Waals surface area contributed by atoms with E-state index in [2.05, 4.69) is 36.3 Å². The highest BCUT2D eigenvalue weighted by Crippen LogP contribution is 2.39. The summed E-state index contributed by atoms with van der Waals surface area (Å²) in [4.78, 5) is 3.32. The van der Waals surface area contributed by atoms with Crippen LogP contribution in [0.1, 0.15) is 43.2 Å². The largest absolute Gasteiger partial charge is 0.361 e. The van der Waals surface area contributed by atoms with Crippen molar-refractivity contribution in [3.63, 3.8) is 0 Å². The van der Waals surface area contributed by atoms with Gasteiger partial charge in [0.25, 0.3) is 0 Å². The molecule has 0 unspecified atom stereocenters. The van der Waals surface area contributed by atoms with Crippen molar-refractivity contribution in [1.82, 2.24) is 4.98 Å². The van der Waals surface area contributed by atoms with E-state index in [9.17, 15) is 0 Å². The van der Waals surface area contributed by atoms with E-state index in [4.69, 9.17) is 5.73 Å². The predicted molar refractivity (Wildman–Crippen MR) is 76.9 cm³/mol. The van der Waals surface area contributed by atoms with Crippen molar-refractivity contribution in [2.24, 2.45) is 5.73 Å². The maximum absolute atomic E-state index is 6.12. The van der Waals surface area contributed by atoms with Gasteiger partial charge in [0, 0.05) is 29.1 Å². The molecule has 1 heterocycles. The SMILES string of the molecule is Cc1c[nH]c2ccc(C3(CN)CCCCC3)cc12. The number of H-pyrrole nitrogens is 1. The molecule has 0 amide bonds. The van der Waals surface area contributed by atoms with E-state index >= 15 is 0 Å². The van der Waals surface area contributed by atoms with Gasteiger partial charge in [0.05, 0.1) is 0 Å². The molecule has 3 rings (SSSR count). The van der Waals surface area contributed by atoms with Gasteiger partial charge in [0.15, 0.2) is 0 Å². The molecule has 0 spiro atoms. The summed E-state index contributed by atoms with van der Waals surface area (Å²) in [5.74, 6) is 0. The van der Waals surface area contributed by atoms with E-state index in [1.165, 1.54) is 54.1 Å². The van der Waals surface area contributed by atoms with Crippen LogP contribution in [-0.2, 0) is 5.41 Å². The molecule has 1 saturated carbocycles. The lowest BCUT2D eigenvalue weighted by Gasteiger charge is -2.37. The topological polar surface area (TPSA) is 41.8 Å². The Morgan fingerprint density at radius 1 is 1.22 bits per heavy atom. The van der Waals surface area contributed by atoms with Crippen LogP contribution in [-0.4, -0.2) is 11.5 Å². The third-order valence-corrected chi connectivity index (χ3v) is 4.70. The molecule has 3 N–H and O–H groups in total. The van der Waals surface area contributed by atoms with Crippen LogP contribution in [0.4, 0.5) is 0 Å². The number of aryl methyl sites for hydroxylation is 1. The molecule has 2 aromatic rings. The molecule has 0 bridgehead atoms. The van der Waals surface area contributed by atoms with Gasteiger partial charge in [0.1, 0.15) is 0 Å². The Hall–Kier alpha value is -1.28. The van der Waals surface area contributed by atoms with Gasteiger partial charge in [-0.1, -0.05) is 25.3 Å². The predicted octanol–water partition coefficient (Wildman–Crippen LogP) is 3.64. The minimum absolute atomic E-state index is 0.232. The average molecular weight is 242 g/mol. The summed E-state index contributed by atoms with van der Waals surface area (Å²) in [5, 5.41) is 1.35. The first kappa shape index (κ1) is 11.8. The fourth-order valence-corrected chi connectivity index (χ4v) is 3.43. The minimum atomic E-state index is 0.232. The molecule has 96 valence electrons. The number of aromatic amines is 1. The number of fused-ring (bicyclic) bond motifs is 1. The molecule has 1 fully saturated rings. The normalized spacial score (nSPS) is 19.2. The van der Waals surface area contributed by atoms with Gasteiger partial charge in [0.2, 0.25) is 0 Å². The summed E-state index contributed by atoms with van der Waals surface area (Å²) in [5.41, 5.74) is 10.4. The van der Waals surface area contributed by atoms with E-state index in [1.807, 2.05) is 0 Å². The molecule has 1 aromatic carbocycles. The van der Waals surface area contributed by atoms with Gasteiger partial charge < -0.3 is 10.7 Å². The Balaban J connectivity index is 2.08. The number of benzene rings is 1. The van der Waals surface area contributed by atoms with E-state index in [0.29, 0.717) is 0 Å². The van der Waals surface area contributed by atoms with Crippen LogP contribution in [0.5, 0.6) is 0 Å². The summed E-state index contributed by atoms with van der Waals surface area (Å²) < 4.78 is 0. The van der Waals surface area contributed by atoms with Gasteiger partial charge >= 0.3 is 0 Å². The standard InChI is InChI=1S/C16H22N2/c1-12-10-18-15-6-5-13(9-14(12)15)16(11-17)7-3-2-4-8-16/h5-6,9-10,18H,2-4,7-8,11,17H2,1H3. The lowest BCUT2D eigenvalue weighted by atomic mass is 9.69. The van der Waals surface area contributed by atoms with Gasteiger partial charge in [-0.05, 0) is 43.0 Å². The van der Waals surface area contributed by atoms with Crippen molar-refractivity contribution in [3.05, 3.63) is 35.5 Å². The third kappa shape index (κ3) is 1.76. The van der Waals surface area contributed by atoms with Crippen molar-refractivity contribution in [3.8, 4) is 0 Å². The van der Waals surface area contributed by atoms with E-state index in [0.717, 1.165) is 6.54 Å². The second-order valence-corrected chi connectivity index (χ2v) is 5.78. The van der Waals surface area contributed by atoms with Crippen LogP contribution in [0.25, 0.3) is 10.9 Å². The second kappa shape index (κ2) is 4.43. The Morgan fingerprint density at radius 2 is 2.00 bits per heavy atom. The van der Waals surface area contributed by atoms with Gasteiger partial charge in [-0.3, -0.25) is 0 Å². The van der Waals surface area contributed by atoms with E-state index < -0.39 is 0 Å². The van der Waals surface area contributed by atoms with Crippen molar-refractivity contribution >= 4 is 10.9 Å². The molecule has 0 radical (unpaired) electrons. The Kier molecular flexibility index (Phi) is 2.90. The molecule has 1 aliphatic rings. The van der Waals surface area contributed by atoms with E-state index in [1.54, 1.807) is 0 Å². The summed E-state index contributed by atoms with van der Waals surface area (Å²) in [7, 11) is 0. The highest BCUT2D eigenvalue weighted by molar-refractivity contribution is 5.83. The van der Waals surface area contributed by atoms with Crippen molar-refractivity contribution in [2.75, 3.05) is 6.54 Å². The summed E-state index contributed by atoms with van der Waals surface area (Å²) >= 11 is 0. The first-order valence-corrected chi connectivity index (χ1v) is 7.03. The average Bonchev–Trinajstić information content (AvgIpc) is 2.81. The first-order chi connectivity index (χ1) is 8.75. The van der Waals surface area contributed by atoms with Crippen LogP contribution in [0.15, 0.2) is 24.4 Å². The highest BCUT2D eigenvalue weighted by Gasteiger charge is 2.32. The van der Waals surface area contributed by atoms with Crippen LogP contribution >= 0.6 is 0 Å². The molecular formula is C16H22N2. The first-order valence-electron chi connectivity index (χ1n) is 7.03. The van der Waals surface area contributed by atoms with Crippen LogP contribution in [0, 0.1) is 6.92 Å².